The predicted molar refractivity (Wildman–Crippen MR) is 77.0 cm³/mol. The summed E-state index contributed by atoms with van der Waals surface area (Å²) >= 11 is 1.66. The van der Waals surface area contributed by atoms with Gasteiger partial charge in [-0.3, -0.25) is 0 Å². The van der Waals surface area contributed by atoms with Crippen LogP contribution in [0, 0.1) is 0 Å². The van der Waals surface area contributed by atoms with Crippen LogP contribution in [-0.2, 0) is 12.8 Å². The van der Waals surface area contributed by atoms with Gasteiger partial charge in [0.1, 0.15) is 12.1 Å². The zero-order chi connectivity index (χ0) is 12.7. The molecule has 1 aromatic carbocycles. The van der Waals surface area contributed by atoms with Crippen LogP contribution >= 0.6 is 11.3 Å². The van der Waals surface area contributed by atoms with Gasteiger partial charge in [0.15, 0.2) is 0 Å². The quantitative estimate of drug-likeness (QED) is 0.774. The highest BCUT2D eigenvalue weighted by Gasteiger charge is 2.17. The van der Waals surface area contributed by atoms with Gasteiger partial charge in [0.2, 0.25) is 0 Å². The Hall–Kier alpha value is -2.01. The first kappa shape index (κ1) is 10.9. The number of thiazole rings is 1. The van der Waals surface area contributed by atoms with Crippen LogP contribution in [0.15, 0.2) is 30.0 Å². The van der Waals surface area contributed by atoms with Crippen molar-refractivity contribution in [2.45, 2.75) is 19.3 Å². The highest BCUT2D eigenvalue weighted by atomic mass is 32.1. The van der Waals surface area contributed by atoms with Crippen molar-refractivity contribution in [3.8, 4) is 0 Å². The molecule has 0 fully saturated rings. The number of nitrogens with one attached hydrogen (secondary N) is 1. The average Bonchev–Trinajstić information content (AvgIpc) is 3.06. The zero-order valence-electron chi connectivity index (χ0n) is 10.3. The molecule has 2 aromatic heterocycles. The lowest BCUT2D eigenvalue weighted by Gasteiger charge is -2.09. The van der Waals surface area contributed by atoms with Crippen molar-refractivity contribution < 1.29 is 0 Å². The fourth-order valence-electron chi connectivity index (χ4n) is 2.54. The molecule has 3 aromatic rings. The Balaban J connectivity index is 1.73. The molecule has 0 atom stereocenters. The number of rotatable bonds is 2. The lowest BCUT2D eigenvalue weighted by molar-refractivity contribution is 0.899. The molecule has 1 aliphatic carbocycles. The number of hydrogen-bond acceptors (Lipinski definition) is 5. The van der Waals surface area contributed by atoms with E-state index in [4.69, 9.17) is 0 Å². The van der Waals surface area contributed by atoms with Crippen molar-refractivity contribution in [1.29, 1.82) is 0 Å². The summed E-state index contributed by atoms with van der Waals surface area (Å²) in [6.07, 6.45) is 4.96. The highest BCUT2D eigenvalue weighted by Crippen LogP contribution is 2.29. The highest BCUT2D eigenvalue weighted by molar-refractivity contribution is 7.16. The van der Waals surface area contributed by atoms with Crippen LogP contribution in [-0.4, -0.2) is 15.0 Å². The average molecular weight is 268 g/mol. The van der Waals surface area contributed by atoms with Crippen molar-refractivity contribution >= 4 is 33.1 Å². The molecule has 94 valence electrons. The minimum absolute atomic E-state index is 0.942. The van der Waals surface area contributed by atoms with Crippen LogP contribution < -0.4 is 5.32 Å². The summed E-state index contributed by atoms with van der Waals surface area (Å²) in [5.41, 5.74) is 6.39. The van der Waals surface area contributed by atoms with Crippen LogP contribution in [0.1, 0.15) is 17.7 Å². The Morgan fingerprint density at radius 2 is 2.11 bits per heavy atom. The molecule has 0 saturated carbocycles. The van der Waals surface area contributed by atoms with E-state index < -0.39 is 0 Å². The van der Waals surface area contributed by atoms with E-state index in [-0.39, 0.29) is 0 Å². The number of nitrogens with zero attached hydrogens (tertiary/aromatic N) is 3. The Kier molecular flexibility index (Phi) is 2.45. The standard InChI is InChI=1S/C14H12N4S/c1-2-10-11(3-1)15-7-16-14(10)18-9-4-5-13-12(6-9)17-8-19-13/h4-8H,1-3H2,(H,15,16,18). The topological polar surface area (TPSA) is 50.7 Å². The first-order valence-electron chi connectivity index (χ1n) is 6.33. The second-order valence-electron chi connectivity index (χ2n) is 4.66. The molecule has 19 heavy (non-hydrogen) atoms. The Morgan fingerprint density at radius 1 is 1.11 bits per heavy atom. The lowest BCUT2D eigenvalue weighted by Crippen LogP contribution is -2.00. The Morgan fingerprint density at radius 3 is 3.11 bits per heavy atom. The number of fused-ring (bicyclic) bond motifs is 2. The van der Waals surface area contributed by atoms with E-state index in [1.165, 1.54) is 22.4 Å². The first-order valence-corrected chi connectivity index (χ1v) is 7.21. The summed E-state index contributed by atoms with van der Waals surface area (Å²) in [4.78, 5) is 13.1. The summed E-state index contributed by atoms with van der Waals surface area (Å²) in [6.45, 7) is 0. The van der Waals surface area contributed by atoms with Gasteiger partial charge >= 0.3 is 0 Å². The van der Waals surface area contributed by atoms with Crippen molar-refractivity contribution in [1.82, 2.24) is 15.0 Å². The molecule has 5 heteroatoms. The smallest absolute Gasteiger partial charge is 0.137 e. The molecule has 4 nitrogen and oxygen atoms in total. The normalized spacial score (nSPS) is 13.7. The molecular weight excluding hydrogens is 256 g/mol. The van der Waals surface area contributed by atoms with Gasteiger partial charge in [-0.05, 0) is 37.5 Å². The number of aryl methyl sites for hydroxylation is 1. The zero-order valence-corrected chi connectivity index (χ0v) is 11.1. The van der Waals surface area contributed by atoms with Gasteiger partial charge in [0.05, 0.1) is 15.7 Å². The van der Waals surface area contributed by atoms with E-state index in [9.17, 15) is 0 Å². The van der Waals surface area contributed by atoms with Crippen molar-refractivity contribution in [3.63, 3.8) is 0 Å². The van der Waals surface area contributed by atoms with Crippen molar-refractivity contribution in [3.05, 3.63) is 41.3 Å². The molecule has 0 bridgehead atoms. The summed E-state index contributed by atoms with van der Waals surface area (Å²) < 4.78 is 1.21. The molecule has 1 aliphatic rings. The van der Waals surface area contributed by atoms with Gasteiger partial charge in [0, 0.05) is 16.9 Å². The van der Waals surface area contributed by atoms with Crippen molar-refractivity contribution in [2.24, 2.45) is 0 Å². The van der Waals surface area contributed by atoms with E-state index in [0.717, 1.165) is 29.9 Å². The second kappa shape index (κ2) is 4.28. The van der Waals surface area contributed by atoms with Crippen LogP contribution in [0.5, 0.6) is 0 Å². The molecule has 2 heterocycles. The summed E-state index contributed by atoms with van der Waals surface area (Å²) in [5, 5.41) is 3.40. The van der Waals surface area contributed by atoms with E-state index >= 15 is 0 Å². The maximum Gasteiger partial charge on any atom is 0.137 e. The summed E-state index contributed by atoms with van der Waals surface area (Å²) in [7, 11) is 0. The molecular formula is C14H12N4S. The molecule has 0 spiro atoms. The fourth-order valence-corrected chi connectivity index (χ4v) is 3.20. The lowest BCUT2D eigenvalue weighted by atomic mass is 10.2. The predicted octanol–water partition coefficient (Wildman–Crippen LogP) is 3.32. The van der Waals surface area contributed by atoms with Gasteiger partial charge in [-0.25, -0.2) is 15.0 Å². The van der Waals surface area contributed by atoms with E-state index in [0.29, 0.717) is 0 Å². The first-order chi connectivity index (χ1) is 9.40. The number of anilines is 2. The molecule has 1 N–H and O–H groups in total. The fraction of sp³-hybridized carbons (Fsp3) is 0.214. The molecule has 0 aliphatic heterocycles. The minimum Gasteiger partial charge on any atom is -0.340 e. The summed E-state index contributed by atoms with van der Waals surface area (Å²) in [6, 6.07) is 6.23. The van der Waals surface area contributed by atoms with Crippen molar-refractivity contribution in [2.75, 3.05) is 5.32 Å². The molecule has 0 radical (unpaired) electrons. The van der Waals surface area contributed by atoms with Crippen LogP contribution in [0.4, 0.5) is 11.5 Å². The SMILES string of the molecule is c1nc2c(c(Nc3ccc4scnc4c3)n1)CCC2. The van der Waals surface area contributed by atoms with Gasteiger partial charge in [-0.2, -0.15) is 0 Å². The molecule has 0 amide bonds. The van der Waals surface area contributed by atoms with Gasteiger partial charge in [-0.15, -0.1) is 11.3 Å². The second-order valence-corrected chi connectivity index (χ2v) is 5.55. The largest absolute Gasteiger partial charge is 0.340 e. The molecule has 0 saturated heterocycles. The van der Waals surface area contributed by atoms with E-state index in [1.54, 1.807) is 17.7 Å². The third-order valence-electron chi connectivity index (χ3n) is 3.47. The third kappa shape index (κ3) is 1.86. The minimum atomic E-state index is 0.942. The van der Waals surface area contributed by atoms with Crippen LogP contribution in [0.25, 0.3) is 10.2 Å². The third-order valence-corrected chi connectivity index (χ3v) is 4.28. The maximum absolute atomic E-state index is 4.37. The number of aromatic nitrogens is 3. The van der Waals surface area contributed by atoms with Crippen LogP contribution in [0.3, 0.4) is 0 Å². The number of benzene rings is 1. The van der Waals surface area contributed by atoms with E-state index in [1.807, 2.05) is 5.51 Å². The maximum atomic E-state index is 4.37. The number of hydrogen-bond donors (Lipinski definition) is 1. The van der Waals surface area contributed by atoms with Gasteiger partial charge < -0.3 is 5.32 Å². The Labute approximate surface area is 114 Å². The molecule has 0 unspecified atom stereocenters. The monoisotopic (exact) mass is 268 g/mol. The molecule has 4 rings (SSSR count). The van der Waals surface area contributed by atoms with Gasteiger partial charge in [0.25, 0.3) is 0 Å². The summed E-state index contributed by atoms with van der Waals surface area (Å²) in [5.74, 6) is 0.942. The Bertz CT molecular complexity index is 750. The van der Waals surface area contributed by atoms with E-state index in [2.05, 4.69) is 38.5 Å². The van der Waals surface area contributed by atoms with Crippen LogP contribution in [0.2, 0.25) is 0 Å². The van der Waals surface area contributed by atoms with Gasteiger partial charge in [-0.1, -0.05) is 0 Å².